The predicted molar refractivity (Wildman–Crippen MR) is 58.8 cm³/mol. The maximum absolute atomic E-state index is 11.3. The first-order chi connectivity index (χ1) is 7.20. The normalized spacial score (nSPS) is 12.5. The Kier molecular flexibility index (Phi) is 9.46. The van der Waals surface area contributed by atoms with Gasteiger partial charge in [0.05, 0.1) is 13.2 Å². The summed E-state index contributed by atoms with van der Waals surface area (Å²) in [5.41, 5.74) is 0. The van der Waals surface area contributed by atoms with Gasteiger partial charge in [0, 0.05) is 33.4 Å². The maximum Gasteiger partial charge on any atom is 0.233 e. The summed E-state index contributed by atoms with van der Waals surface area (Å²) in [5.74, 6) is 0.00839. The van der Waals surface area contributed by atoms with Crippen molar-refractivity contribution in [3.63, 3.8) is 0 Å². The first-order valence-corrected chi connectivity index (χ1v) is 5.18. The van der Waals surface area contributed by atoms with Crippen LogP contribution < -0.4 is 10.6 Å². The molecule has 15 heavy (non-hydrogen) atoms. The molecule has 1 unspecified atom stereocenters. The summed E-state index contributed by atoms with van der Waals surface area (Å²) in [6.45, 7) is 4.25. The summed E-state index contributed by atoms with van der Waals surface area (Å²) >= 11 is 0. The Bertz CT molecular complexity index is 165. The molecule has 0 aliphatic rings. The van der Waals surface area contributed by atoms with Gasteiger partial charge in [-0.05, 0) is 13.3 Å². The average Bonchev–Trinajstić information content (AvgIpc) is 2.22. The van der Waals surface area contributed by atoms with Crippen molar-refractivity contribution in [2.24, 2.45) is 0 Å². The fourth-order valence-corrected chi connectivity index (χ4v) is 1.08. The third-order valence-corrected chi connectivity index (χ3v) is 1.88. The number of rotatable bonds is 9. The van der Waals surface area contributed by atoms with E-state index in [1.807, 2.05) is 6.92 Å². The summed E-state index contributed by atoms with van der Waals surface area (Å²) in [6.07, 6.45) is 0.843. The molecule has 0 aliphatic carbocycles. The third kappa shape index (κ3) is 9.65. The van der Waals surface area contributed by atoms with Crippen molar-refractivity contribution in [1.82, 2.24) is 10.6 Å². The molecule has 0 saturated carbocycles. The molecule has 0 rings (SSSR count). The van der Waals surface area contributed by atoms with E-state index in [-0.39, 0.29) is 11.9 Å². The van der Waals surface area contributed by atoms with Crippen molar-refractivity contribution in [3.8, 4) is 0 Å². The van der Waals surface area contributed by atoms with Gasteiger partial charge in [0.2, 0.25) is 5.91 Å². The largest absolute Gasteiger partial charge is 0.385 e. The van der Waals surface area contributed by atoms with Crippen LogP contribution in [0.4, 0.5) is 0 Å². The highest BCUT2D eigenvalue weighted by Gasteiger charge is 2.03. The summed E-state index contributed by atoms with van der Waals surface area (Å²) in [6, 6.07) is 0.194. The van der Waals surface area contributed by atoms with E-state index >= 15 is 0 Å². The van der Waals surface area contributed by atoms with Crippen LogP contribution in [0.1, 0.15) is 13.3 Å². The van der Waals surface area contributed by atoms with Gasteiger partial charge in [-0.2, -0.15) is 0 Å². The molecule has 5 heteroatoms. The number of nitrogens with one attached hydrogen (secondary N) is 2. The number of hydrogen-bond donors (Lipinski definition) is 2. The van der Waals surface area contributed by atoms with Gasteiger partial charge in [-0.1, -0.05) is 0 Å². The number of carbonyl (C=O) groups excluding carboxylic acids is 1. The van der Waals surface area contributed by atoms with Gasteiger partial charge in [-0.3, -0.25) is 4.79 Å². The van der Waals surface area contributed by atoms with Gasteiger partial charge >= 0.3 is 0 Å². The average molecular weight is 218 g/mol. The second-order valence-electron chi connectivity index (χ2n) is 3.43. The Morgan fingerprint density at radius 1 is 1.33 bits per heavy atom. The van der Waals surface area contributed by atoms with Crippen molar-refractivity contribution in [1.29, 1.82) is 0 Å². The maximum atomic E-state index is 11.3. The number of ether oxygens (including phenoxy) is 2. The number of methoxy groups -OCH3 is 2. The monoisotopic (exact) mass is 218 g/mol. The van der Waals surface area contributed by atoms with Crippen LogP contribution >= 0.6 is 0 Å². The van der Waals surface area contributed by atoms with Gasteiger partial charge in [0.1, 0.15) is 0 Å². The quantitative estimate of drug-likeness (QED) is 0.525. The van der Waals surface area contributed by atoms with E-state index in [1.54, 1.807) is 14.2 Å². The highest BCUT2D eigenvalue weighted by molar-refractivity contribution is 5.77. The van der Waals surface area contributed by atoms with E-state index in [0.717, 1.165) is 6.42 Å². The van der Waals surface area contributed by atoms with Gasteiger partial charge in [-0.15, -0.1) is 0 Å². The molecule has 0 aromatic carbocycles. The number of carbonyl (C=O) groups is 1. The molecule has 90 valence electrons. The standard InChI is InChI=1S/C10H22N2O3/c1-9(8-15-3)12-7-10(13)11-5-4-6-14-2/h9,12H,4-8H2,1-3H3,(H,11,13). The van der Waals surface area contributed by atoms with Gasteiger partial charge in [-0.25, -0.2) is 0 Å². The molecule has 5 nitrogen and oxygen atoms in total. The van der Waals surface area contributed by atoms with Gasteiger partial charge in [0.15, 0.2) is 0 Å². The molecule has 0 aliphatic heterocycles. The van der Waals surface area contributed by atoms with Crippen LogP contribution in [0.5, 0.6) is 0 Å². The van der Waals surface area contributed by atoms with E-state index < -0.39 is 0 Å². The Morgan fingerprint density at radius 3 is 2.67 bits per heavy atom. The van der Waals surface area contributed by atoms with Crippen molar-refractivity contribution in [2.45, 2.75) is 19.4 Å². The van der Waals surface area contributed by atoms with E-state index in [9.17, 15) is 4.79 Å². The molecule has 0 radical (unpaired) electrons. The molecule has 1 amide bonds. The number of hydrogen-bond acceptors (Lipinski definition) is 4. The van der Waals surface area contributed by atoms with Crippen molar-refractivity contribution in [3.05, 3.63) is 0 Å². The Labute approximate surface area is 91.5 Å². The predicted octanol–water partition coefficient (Wildman–Crippen LogP) is -0.236. The molecule has 0 bridgehead atoms. The van der Waals surface area contributed by atoms with Crippen LogP contribution in [0.3, 0.4) is 0 Å². The van der Waals surface area contributed by atoms with Crippen molar-refractivity contribution in [2.75, 3.05) is 40.5 Å². The lowest BCUT2D eigenvalue weighted by Crippen LogP contribution is -2.40. The minimum Gasteiger partial charge on any atom is -0.385 e. The summed E-state index contributed by atoms with van der Waals surface area (Å²) < 4.78 is 9.81. The molecular weight excluding hydrogens is 196 g/mol. The fraction of sp³-hybridized carbons (Fsp3) is 0.900. The lowest BCUT2D eigenvalue weighted by molar-refractivity contribution is -0.120. The Balaban J connectivity index is 3.32. The highest BCUT2D eigenvalue weighted by atomic mass is 16.5. The van der Waals surface area contributed by atoms with E-state index in [2.05, 4.69) is 10.6 Å². The minimum atomic E-state index is 0.00839. The molecule has 0 aromatic heterocycles. The molecule has 0 saturated heterocycles. The summed E-state index contributed by atoms with van der Waals surface area (Å²) in [4.78, 5) is 11.3. The molecule has 1 atom stereocenters. The van der Waals surface area contributed by atoms with Crippen LogP contribution in [0, 0.1) is 0 Å². The molecule has 0 aromatic rings. The SMILES string of the molecule is COCCCNC(=O)CNC(C)COC. The van der Waals surface area contributed by atoms with E-state index in [0.29, 0.717) is 26.3 Å². The van der Waals surface area contributed by atoms with Crippen molar-refractivity contribution >= 4 is 5.91 Å². The van der Waals surface area contributed by atoms with Crippen molar-refractivity contribution < 1.29 is 14.3 Å². The zero-order valence-electron chi connectivity index (χ0n) is 9.84. The minimum absolute atomic E-state index is 0.00839. The van der Waals surface area contributed by atoms with E-state index in [4.69, 9.17) is 9.47 Å². The Morgan fingerprint density at radius 2 is 2.07 bits per heavy atom. The fourth-order valence-electron chi connectivity index (χ4n) is 1.08. The topological polar surface area (TPSA) is 59.6 Å². The third-order valence-electron chi connectivity index (χ3n) is 1.88. The molecule has 0 spiro atoms. The van der Waals surface area contributed by atoms with Crippen LogP contribution in [0.15, 0.2) is 0 Å². The summed E-state index contributed by atoms with van der Waals surface area (Å²) in [7, 11) is 3.29. The van der Waals surface area contributed by atoms with Crippen LogP contribution in [0.25, 0.3) is 0 Å². The zero-order chi connectivity index (χ0) is 11.5. The molecule has 0 fully saturated rings. The Hall–Kier alpha value is -0.650. The van der Waals surface area contributed by atoms with Crippen LogP contribution in [-0.2, 0) is 14.3 Å². The molecule has 2 N–H and O–H groups in total. The second kappa shape index (κ2) is 9.89. The lowest BCUT2D eigenvalue weighted by atomic mass is 10.3. The van der Waals surface area contributed by atoms with Gasteiger partial charge in [0.25, 0.3) is 0 Å². The number of amides is 1. The lowest BCUT2D eigenvalue weighted by Gasteiger charge is -2.12. The first kappa shape index (κ1) is 14.3. The zero-order valence-corrected chi connectivity index (χ0v) is 9.84. The summed E-state index contributed by atoms with van der Waals surface area (Å²) in [5, 5.41) is 5.85. The van der Waals surface area contributed by atoms with Crippen LogP contribution in [0.2, 0.25) is 0 Å². The highest BCUT2D eigenvalue weighted by Crippen LogP contribution is 1.81. The molecule has 0 heterocycles. The first-order valence-electron chi connectivity index (χ1n) is 5.18. The van der Waals surface area contributed by atoms with E-state index in [1.165, 1.54) is 0 Å². The second-order valence-corrected chi connectivity index (χ2v) is 3.43. The molecular formula is C10H22N2O3. The smallest absolute Gasteiger partial charge is 0.233 e. The van der Waals surface area contributed by atoms with Gasteiger partial charge < -0.3 is 20.1 Å². The van der Waals surface area contributed by atoms with Crippen LogP contribution in [-0.4, -0.2) is 52.5 Å².